The summed E-state index contributed by atoms with van der Waals surface area (Å²) in [5.41, 5.74) is 9.28. The third kappa shape index (κ3) is 2.96. The van der Waals surface area contributed by atoms with Crippen molar-refractivity contribution in [2.75, 3.05) is 0 Å². The fourth-order valence-corrected chi connectivity index (χ4v) is 2.30. The van der Waals surface area contributed by atoms with Gasteiger partial charge < -0.3 is 16.0 Å². The molecule has 1 aromatic heterocycles. The maximum atomic E-state index is 11.9. The number of fused-ring (bicyclic) bond motifs is 1. The average molecular weight is 259 g/mol. The maximum Gasteiger partial charge on any atom is 0.237 e. The number of hydrogen-bond acceptors (Lipinski definition) is 2. The highest BCUT2D eigenvalue weighted by Gasteiger charge is 2.18. The van der Waals surface area contributed by atoms with Crippen molar-refractivity contribution in [3.8, 4) is 0 Å². The van der Waals surface area contributed by atoms with E-state index in [1.165, 1.54) is 0 Å². The van der Waals surface area contributed by atoms with Crippen molar-refractivity contribution in [1.29, 1.82) is 0 Å². The SMILES string of the molecule is Cc1[nH]c2ccccc2c1C[C@H](N)C(=O)NC(C)C. The van der Waals surface area contributed by atoms with Crippen LogP contribution in [-0.2, 0) is 11.2 Å². The second-order valence-corrected chi connectivity index (χ2v) is 5.25. The highest BCUT2D eigenvalue weighted by atomic mass is 16.2. The first-order valence-electron chi connectivity index (χ1n) is 6.61. The molecule has 4 heteroatoms. The zero-order chi connectivity index (χ0) is 14.0. The first-order valence-corrected chi connectivity index (χ1v) is 6.61. The summed E-state index contributed by atoms with van der Waals surface area (Å²) in [7, 11) is 0. The third-order valence-corrected chi connectivity index (χ3v) is 3.22. The number of nitrogens with one attached hydrogen (secondary N) is 2. The average Bonchev–Trinajstić information content (AvgIpc) is 2.65. The van der Waals surface area contributed by atoms with Crippen LogP contribution >= 0.6 is 0 Å². The van der Waals surface area contributed by atoms with E-state index in [2.05, 4.69) is 16.4 Å². The molecule has 0 aliphatic rings. The van der Waals surface area contributed by atoms with Crippen LogP contribution in [-0.4, -0.2) is 23.0 Å². The van der Waals surface area contributed by atoms with Gasteiger partial charge in [-0.3, -0.25) is 4.79 Å². The molecule has 0 spiro atoms. The van der Waals surface area contributed by atoms with Crippen molar-refractivity contribution in [1.82, 2.24) is 10.3 Å². The van der Waals surface area contributed by atoms with Crippen LogP contribution in [0.3, 0.4) is 0 Å². The standard InChI is InChI=1S/C15H21N3O/c1-9(2)17-15(19)13(16)8-12-10(3)18-14-7-5-4-6-11(12)14/h4-7,9,13,18H,8,16H2,1-3H3,(H,17,19)/t13-/m0/s1. The van der Waals surface area contributed by atoms with Crippen LogP contribution in [0.4, 0.5) is 0 Å². The van der Waals surface area contributed by atoms with E-state index < -0.39 is 6.04 Å². The molecular formula is C15H21N3O. The molecule has 0 radical (unpaired) electrons. The molecule has 0 fully saturated rings. The molecule has 4 N–H and O–H groups in total. The van der Waals surface area contributed by atoms with Crippen LogP contribution in [0.25, 0.3) is 10.9 Å². The normalized spacial score (nSPS) is 12.9. The highest BCUT2D eigenvalue weighted by Crippen LogP contribution is 2.22. The molecule has 1 amide bonds. The number of benzene rings is 1. The molecule has 1 heterocycles. The minimum absolute atomic E-state index is 0.0975. The molecule has 1 aromatic carbocycles. The van der Waals surface area contributed by atoms with E-state index in [4.69, 9.17) is 5.73 Å². The molecule has 0 unspecified atom stereocenters. The Kier molecular flexibility index (Phi) is 3.90. The minimum Gasteiger partial charge on any atom is -0.358 e. The summed E-state index contributed by atoms with van der Waals surface area (Å²) in [5.74, 6) is -0.0975. The van der Waals surface area contributed by atoms with Crippen molar-refractivity contribution in [3.05, 3.63) is 35.5 Å². The zero-order valence-corrected chi connectivity index (χ0v) is 11.7. The van der Waals surface area contributed by atoms with Crippen molar-refractivity contribution in [2.45, 2.75) is 39.3 Å². The summed E-state index contributed by atoms with van der Waals surface area (Å²) in [4.78, 5) is 15.2. The predicted octanol–water partition coefficient (Wildman–Crippen LogP) is 1.87. The van der Waals surface area contributed by atoms with Crippen LogP contribution in [0.2, 0.25) is 0 Å². The number of hydrogen-bond donors (Lipinski definition) is 3. The molecule has 2 rings (SSSR count). The Balaban J connectivity index is 2.21. The summed E-state index contributed by atoms with van der Waals surface area (Å²) in [5, 5.41) is 3.99. The molecule has 0 saturated heterocycles. The number of rotatable bonds is 4. The third-order valence-electron chi connectivity index (χ3n) is 3.22. The van der Waals surface area contributed by atoms with Gasteiger partial charge in [0.1, 0.15) is 0 Å². The summed E-state index contributed by atoms with van der Waals surface area (Å²) < 4.78 is 0. The lowest BCUT2D eigenvalue weighted by Gasteiger charge is -2.14. The van der Waals surface area contributed by atoms with Gasteiger partial charge >= 0.3 is 0 Å². The molecule has 0 bridgehead atoms. The lowest BCUT2D eigenvalue weighted by atomic mass is 10.0. The van der Waals surface area contributed by atoms with E-state index >= 15 is 0 Å². The number of aromatic amines is 1. The van der Waals surface area contributed by atoms with Crippen molar-refractivity contribution in [2.24, 2.45) is 5.73 Å². The number of nitrogens with two attached hydrogens (primary N) is 1. The van der Waals surface area contributed by atoms with Gasteiger partial charge in [0.25, 0.3) is 0 Å². The van der Waals surface area contributed by atoms with Gasteiger partial charge in [-0.2, -0.15) is 0 Å². The Hall–Kier alpha value is -1.81. The van der Waals surface area contributed by atoms with E-state index in [1.807, 2.05) is 39.0 Å². The van der Waals surface area contributed by atoms with Crippen molar-refractivity contribution >= 4 is 16.8 Å². The largest absolute Gasteiger partial charge is 0.358 e. The monoisotopic (exact) mass is 259 g/mol. The zero-order valence-electron chi connectivity index (χ0n) is 11.7. The van der Waals surface area contributed by atoms with Crippen LogP contribution in [0, 0.1) is 6.92 Å². The molecule has 0 aliphatic heterocycles. The molecule has 4 nitrogen and oxygen atoms in total. The fourth-order valence-electron chi connectivity index (χ4n) is 2.30. The van der Waals surface area contributed by atoms with Crippen molar-refractivity contribution in [3.63, 3.8) is 0 Å². The highest BCUT2D eigenvalue weighted by molar-refractivity contribution is 5.87. The number of amides is 1. The second kappa shape index (κ2) is 5.45. The lowest BCUT2D eigenvalue weighted by Crippen LogP contribution is -2.44. The number of H-pyrrole nitrogens is 1. The topological polar surface area (TPSA) is 70.9 Å². The summed E-state index contributed by atoms with van der Waals surface area (Å²) in [6, 6.07) is 7.68. The Morgan fingerprint density at radius 2 is 2.05 bits per heavy atom. The maximum absolute atomic E-state index is 11.9. The molecule has 1 atom stereocenters. The number of carbonyl (C=O) groups is 1. The lowest BCUT2D eigenvalue weighted by molar-refractivity contribution is -0.122. The Morgan fingerprint density at radius 1 is 1.37 bits per heavy atom. The van der Waals surface area contributed by atoms with Gasteiger partial charge in [0, 0.05) is 22.6 Å². The first kappa shape index (κ1) is 13.6. The Bertz CT molecular complexity index is 586. The molecular weight excluding hydrogens is 238 g/mol. The smallest absolute Gasteiger partial charge is 0.237 e. The number of carbonyl (C=O) groups excluding carboxylic acids is 1. The van der Waals surface area contributed by atoms with E-state index in [0.717, 1.165) is 22.2 Å². The predicted molar refractivity (Wildman–Crippen MR) is 78.0 cm³/mol. The molecule has 0 aliphatic carbocycles. The summed E-state index contributed by atoms with van der Waals surface area (Å²) in [6.45, 7) is 5.88. The van der Waals surface area contributed by atoms with E-state index in [0.29, 0.717) is 6.42 Å². The number of aryl methyl sites for hydroxylation is 1. The van der Waals surface area contributed by atoms with Crippen LogP contribution in [0.5, 0.6) is 0 Å². The van der Waals surface area contributed by atoms with Gasteiger partial charge in [0.15, 0.2) is 0 Å². The summed E-state index contributed by atoms with van der Waals surface area (Å²) >= 11 is 0. The number of aromatic nitrogens is 1. The molecule has 2 aromatic rings. The van der Waals surface area contributed by atoms with E-state index in [-0.39, 0.29) is 11.9 Å². The Morgan fingerprint density at radius 3 is 2.74 bits per heavy atom. The van der Waals surface area contributed by atoms with Crippen LogP contribution in [0.1, 0.15) is 25.1 Å². The second-order valence-electron chi connectivity index (χ2n) is 5.25. The van der Waals surface area contributed by atoms with Crippen molar-refractivity contribution < 1.29 is 4.79 Å². The van der Waals surface area contributed by atoms with E-state index in [1.54, 1.807) is 0 Å². The van der Waals surface area contributed by atoms with Crippen LogP contribution in [0.15, 0.2) is 24.3 Å². The molecule has 0 saturated carbocycles. The Labute approximate surface area is 113 Å². The van der Waals surface area contributed by atoms with Gasteiger partial charge in [-0.1, -0.05) is 18.2 Å². The van der Waals surface area contributed by atoms with Gasteiger partial charge in [-0.25, -0.2) is 0 Å². The fraction of sp³-hybridized carbons (Fsp3) is 0.400. The summed E-state index contributed by atoms with van der Waals surface area (Å²) in [6.07, 6.45) is 0.550. The quantitative estimate of drug-likeness (QED) is 0.784. The van der Waals surface area contributed by atoms with E-state index in [9.17, 15) is 4.79 Å². The van der Waals surface area contributed by atoms with Gasteiger partial charge in [-0.15, -0.1) is 0 Å². The minimum atomic E-state index is -0.514. The molecule has 102 valence electrons. The molecule has 19 heavy (non-hydrogen) atoms. The van der Waals surface area contributed by atoms with Crippen LogP contribution < -0.4 is 11.1 Å². The first-order chi connectivity index (χ1) is 8.99. The number of para-hydroxylation sites is 1. The van der Waals surface area contributed by atoms with Gasteiger partial charge in [0.2, 0.25) is 5.91 Å². The van der Waals surface area contributed by atoms with Gasteiger partial charge in [-0.05, 0) is 38.8 Å². The van der Waals surface area contributed by atoms with Gasteiger partial charge in [0.05, 0.1) is 6.04 Å².